The first kappa shape index (κ1) is 16.1. The van der Waals surface area contributed by atoms with Gasteiger partial charge in [-0.25, -0.2) is 0 Å². The van der Waals surface area contributed by atoms with Crippen LogP contribution in [0.15, 0.2) is 35.7 Å². The van der Waals surface area contributed by atoms with Gasteiger partial charge in [0.05, 0.1) is 16.8 Å². The third kappa shape index (κ3) is 4.37. The van der Waals surface area contributed by atoms with Crippen LogP contribution in [0.25, 0.3) is 0 Å². The van der Waals surface area contributed by atoms with Crippen molar-refractivity contribution in [3.05, 3.63) is 56.3 Å². The van der Waals surface area contributed by atoms with Crippen LogP contribution in [0.3, 0.4) is 0 Å². The van der Waals surface area contributed by atoms with Crippen LogP contribution >= 0.6 is 11.3 Å². The van der Waals surface area contributed by atoms with Crippen LogP contribution in [0.2, 0.25) is 0 Å². The van der Waals surface area contributed by atoms with Gasteiger partial charge in [-0.05, 0) is 30.0 Å². The third-order valence-corrected chi connectivity index (χ3v) is 4.26. The van der Waals surface area contributed by atoms with Gasteiger partial charge in [-0.1, -0.05) is 6.07 Å². The zero-order valence-corrected chi connectivity index (χ0v) is 13.3. The number of non-ortho nitro benzene ring substituents is 1. The van der Waals surface area contributed by atoms with Crippen LogP contribution in [0.4, 0.5) is 11.4 Å². The molecule has 0 radical (unpaired) electrons. The van der Waals surface area contributed by atoms with Crippen LogP contribution in [0, 0.1) is 17.0 Å². The summed E-state index contributed by atoms with van der Waals surface area (Å²) < 4.78 is 0. The number of hydrogen-bond donors (Lipinski definition) is 2. The lowest BCUT2D eigenvalue weighted by atomic mass is 10.2. The normalized spacial score (nSPS) is 11.9. The van der Waals surface area contributed by atoms with Crippen molar-refractivity contribution in [2.45, 2.75) is 13.5 Å². The molecule has 0 fully saturated rings. The average Bonchev–Trinajstić information content (AvgIpc) is 2.84. The Bertz CT molecular complexity index is 684. The van der Waals surface area contributed by atoms with Crippen LogP contribution in [-0.2, 0) is 11.3 Å². The number of amides is 1. The molecular formula is C15H18N3O3S+. The van der Waals surface area contributed by atoms with Crippen molar-refractivity contribution in [2.24, 2.45) is 0 Å². The molecule has 22 heavy (non-hydrogen) atoms. The fraction of sp³-hybridized carbons (Fsp3) is 0.267. The SMILES string of the molecule is Cc1ccsc1C[NH+](C)CC(=O)Nc1cccc([N+](=O)[O-])c1. The Balaban J connectivity index is 1.91. The van der Waals surface area contributed by atoms with Crippen molar-refractivity contribution in [2.75, 3.05) is 18.9 Å². The maximum Gasteiger partial charge on any atom is 0.279 e. The molecule has 2 N–H and O–H groups in total. The monoisotopic (exact) mass is 320 g/mol. The Morgan fingerprint density at radius 1 is 1.41 bits per heavy atom. The van der Waals surface area contributed by atoms with Crippen LogP contribution in [0.5, 0.6) is 0 Å². The Kier molecular flexibility index (Phi) is 5.24. The molecule has 0 aliphatic heterocycles. The molecule has 0 spiro atoms. The molecule has 2 rings (SSSR count). The predicted octanol–water partition coefficient (Wildman–Crippen LogP) is 1.62. The van der Waals surface area contributed by atoms with E-state index in [1.54, 1.807) is 23.5 Å². The van der Waals surface area contributed by atoms with Crippen LogP contribution < -0.4 is 10.2 Å². The van der Waals surface area contributed by atoms with Crippen LogP contribution in [-0.4, -0.2) is 24.4 Å². The summed E-state index contributed by atoms with van der Waals surface area (Å²) in [4.78, 5) is 24.6. The Labute approximate surface area is 132 Å². The summed E-state index contributed by atoms with van der Waals surface area (Å²) in [5.41, 5.74) is 1.65. The summed E-state index contributed by atoms with van der Waals surface area (Å²) in [5.74, 6) is -0.160. The van der Waals surface area contributed by atoms with Gasteiger partial charge in [-0.3, -0.25) is 14.9 Å². The first-order valence-electron chi connectivity index (χ1n) is 6.84. The van der Waals surface area contributed by atoms with E-state index in [2.05, 4.69) is 18.3 Å². The molecule has 6 nitrogen and oxygen atoms in total. The maximum atomic E-state index is 12.0. The summed E-state index contributed by atoms with van der Waals surface area (Å²) in [6, 6.07) is 8.02. The number of nitro groups is 1. The number of carbonyl (C=O) groups excluding carboxylic acids is 1. The molecule has 1 heterocycles. The zero-order chi connectivity index (χ0) is 16.1. The van der Waals surface area contributed by atoms with E-state index in [0.29, 0.717) is 12.2 Å². The molecule has 116 valence electrons. The molecule has 0 saturated carbocycles. The lowest BCUT2D eigenvalue weighted by molar-refractivity contribution is -0.884. The highest BCUT2D eigenvalue weighted by Crippen LogP contribution is 2.16. The number of likely N-dealkylation sites (N-methyl/N-ethyl adjacent to an activating group) is 1. The first-order chi connectivity index (χ1) is 10.5. The smallest absolute Gasteiger partial charge is 0.279 e. The molecule has 2 aromatic rings. The van der Waals surface area contributed by atoms with Gasteiger partial charge < -0.3 is 10.2 Å². The van der Waals surface area contributed by atoms with Crippen molar-refractivity contribution in [3.8, 4) is 0 Å². The number of aryl methyl sites for hydroxylation is 1. The van der Waals surface area contributed by atoms with E-state index in [9.17, 15) is 14.9 Å². The summed E-state index contributed by atoms with van der Waals surface area (Å²) in [5, 5.41) is 15.5. The minimum absolute atomic E-state index is 0.0345. The minimum Gasteiger partial charge on any atom is -0.325 e. The number of benzene rings is 1. The quantitative estimate of drug-likeness (QED) is 0.627. The fourth-order valence-corrected chi connectivity index (χ4v) is 3.12. The fourth-order valence-electron chi connectivity index (χ4n) is 2.10. The predicted molar refractivity (Wildman–Crippen MR) is 86.2 cm³/mol. The second-order valence-electron chi connectivity index (χ2n) is 5.19. The number of rotatable bonds is 6. The van der Waals surface area contributed by atoms with Crippen molar-refractivity contribution in [3.63, 3.8) is 0 Å². The lowest BCUT2D eigenvalue weighted by Crippen LogP contribution is -3.08. The van der Waals surface area contributed by atoms with E-state index in [1.807, 2.05) is 12.4 Å². The van der Waals surface area contributed by atoms with Crippen molar-refractivity contribution < 1.29 is 14.6 Å². The molecule has 0 bridgehead atoms. The van der Waals surface area contributed by atoms with Crippen molar-refractivity contribution in [1.29, 1.82) is 0 Å². The molecule has 1 unspecified atom stereocenters. The number of nitrogens with zero attached hydrogens (tertiary/aromatic N) is 1. The number of nitrogens with one attached hydrogen (secondary N) is 2. The third-order valence-electron chi connectivity index (χ3n) is 3.23. The molecule has 1 amide bonds. The van der Waals surface area contributed by atoms with Gasteiger partial charge in [0.1, 0.15) is 6.54 Å². The standard InChI is InChI=1S/C15H17N3O3S/c1-11-6-7-22-14(11)9-17(2)10-15(19)16-12-4-3-5-13(8-12)18(20)21/h3-8H,9-10H2,1-2H3,(H,16,19)/p+1. The van der Waals surface area contributed by atoms with E-state index >= 15 is 0 Å². The van der Waals surface area contributed by atoms with Gasteiger partial charge in [0.15, 0.2) is 6.54 Å². The molecule has 0 aliphatic rings. The van der Waals surface area contributed by atoms with E-state index in [0.717, 1.165) is 11.4 Å². The minimum atomic E-state index is -0.480. The Morgan fingerprint density at radius 2 is 2.18 bits per heavy atom. The topological polar surface area (TPSA) is 76.7 Å². The van der Waals surface area contributed by atoms with E-state index in [-0.39, 0.29) is 11.6 Å². The highest BCUT2D eigenvalue weighted by atomic mass is 32.1. The molecule has 7 heteroatoms. The molecule has 0 saturated heterocycles. The van der Waals surface area contributed by atoms with Gasteiger partial charge in [-0.15, -0.1) is 11.3 Å². The summed E-state index contributed by atoms with van der Waals surface area (Å²) in [7, 11) is 1.95. The molecule has 1 atom stereocenters. The molecule has 1 aromatic heterocycles. The van der Waals surface area contributed by atoms with Gasteiger partial charge in [-0.2, -0.15) is 0 Å². The van der Waals surface area contributed by atoms with E-state index in [4.69, 9.17) is 0 Å². The number of carbonyl (C=O) groups is 1. The Morgan fingerprint density at radius 3 is 2.82 bits per heavy atom. The average molecular weight is 320 g/mol. The Hall–Kier alpha value is -2.25. The van der Waals surface area contributed by atoms with Gasteiger partial charge in [0, 0.05) is 17.8 Å². The highest BCUT2D eigenvalue weighted by molar-refractivity contribution is 7.10. The summed E-state index contributed by atoms with van der Waals surface area (Å²) >= 11 is 1.69. The summed E-state index contributed by atoms with van der Waals surface area (Å²) in [6.07, 6.45) is 0. The maximum absolute atomic E-state index is 12.0. The molecule has 0 aliphatic carbocycles. The van der Waals surface area contributed by atoms with Gasteiger partial charge >= 0.3 is 0 Å². The number of anilines is 1. The number of thiophene rings is 1. The first-order valence-corrected chi connectivity index (χ1v) is 7.72. The summed E-state index contributed by atoms with van der Waals surface area (Å²) in [6.45, 7) is 3.15. The van der Waals surface area contributed by atoms with Gasteiger partial charge in [0.2, 0.25) is 0 Å². The second-order valence-corrected chi connectivity index (χ2v) is 6.19. The zero-order valence-electron chi connectivity index (χ0n) is 12.5. The van der Waals surface area contributed by atoms with Crippen molar-refractivity contribution in [1.82, 2.24) is 0 Å². The van der Waals surface area contributed by atoms with Crippen molar-refractivity contribution >= 4 is 28.6 Å². The lowest BCUT2D eigenvalue weighted by Gasteiger charge is -2.13. The largest absolute Gasteiger partial charge is 0.325 e. The highest BCUT2D eigenvalue weighted by Gasteiger charge is 2.14. The second kappa shape index (κ2) is 7.15. The van der Waals surface area contributed by atoms with E-state index < -0.39 is 4.92 Å². The van der Waals surface area contributed by atoms with Crippen LogP contribution in [0.1, 0.15) is 10.4 Å². The number of nitro benzene ring substituents is 1. The van der Waals surface area contributed by atoms with Gasteiger partial charge in [0.25, 0.3) is 11.6 Å². The van der Waals surface area contributed by atoms with E-state index in [1.165, 1.54) is 22.6 Å². The number of quaternary nitrogens is 1. The number of hydrogen-bond acceptors (Lipinski definition) is 4. The molecular weight excluding hydrogens is 302 g/mol. The molecule has 1 aromatic carbocycles.